The molecule has 0 fully saturated rings. The van der Waals surface area contributed by atoms with Crippen LogP contribution in [-0.4, -0.2) is 11.8 Å². The fourth-order valence-electron chi connectivity index (χ4n) is 2.04. The third kappa shape index (κ3) is 2.81. The summed E-state index contributed by atoms with van der Waals surface area (Å²) in [5.74, 6) is -1.48. The maximum atomic E-state index is 12.2. The van der Waals surface area contributed by atoms with E-state index in [1.807, 2.05) is 6.07 Å². The molecule has 2 N–H and O–H groups in total. The fraction of sp³-hybridized carbons (Fsp3) is 0.214. The monoisotopic (exact) mass is 289 g/mol. The Labute approximate surface area is 121 Å². The number of para-hydroxylation sites is 1. The minimum atomic E-state index is -0.787. The summed E-state index contributed by atoms with van der Waals surface area (Å²) in [4.78, 5) is 23.8. The average molecular weight is 290 g/mol. The van der Waals surface area contributed by atoms with E-state index in [2.05, 4.69) is 10.6 Å². The second-order valence-electron chi connectivity index (χ2n) is 4.42. The van der Waals surface area contributed by atoms with Crippen molar-refractivity contribution < 1.29 is 9.59 Å². The first-order valence-corrected chi connectivity index (χ1v) is 6.37. The van der Waals surface area contributed by atoms with Crippen LogP contribution in [0.5, 0.6) is 0 Å². The van der Waals surface area contributed by atoms with Crippen LogP contribution in [0.1, 0.15) is 13.3 Å². The standard InChI is InChI=1S/C14H12ClN3O2/c1-8-10(7-16)9(6-13(19)17-8)14(20)18-12-5-3-2-4-11(12)15/h2-5,9H,6H2,1H3,(H,17,19)(H,18,20)/t9-/m1/s1. The largest absolute Gasteiger partial charge is 0.329 e. The molecule has 2 amide bonds. The minimum Gasteiger partial charge on any atom is -0.329 e. The molecule has 0 saturated carbocycles. The molecule has 2 rings (SSSR count). The maximum Gasteiger partial charge on any atom is 0.233 e. The van der Waals surface area contributed by atoms with E-state index in [1.165, 1.54) is 0 Å². The first-order valence-electron chi connectivity index (χ1n) is 5.99. The van der Waals surface area contributed by atoms with Crippen LogP contribution in [0.3, 0.4) is 0 Å². The van der Waals surface area contributed by atoms with E-state index in [9.17, 15) is 9.59 Å². The number of hydrogen-bond acceptors (Lipinski definition) is 3. The van der Waals surface area contributed by atoms with E-state index in [0.717, 1.165) is 0 Å². The molecule has 6 heteroatoms. The predicted octanol–water partition coefficient (Wildman–Crippen LogP) is 2.21. The summed E-state index contributed by atoms with van der Waals surface area (Å²) >= 11 is 5.96. The molecule has 1 aromatic carbocycles. The second-order valence-corrected chi connectivity index (χ2v) is 4.83. The summed E-state index contributed by atoms with van der Waals surface area (Å²) < 4.78 is 0. The lowest BCUT2D eigenvalue weighted by molar-refractivity contribution is -0.126. The van der Waals surface area contributed by atoms with Gasteiger partial charge >= 0.3 is 0 Å². The molecule has 5 nitrogen and oxygen atoms in total. The van der Waals surface area contributed by atoms with Crippen molar-refractivity contribution in [3.05, 3.63) is 40.6 Å². The number of amides is 2. The first-order chi connectivity index (χ1) is 9.52. The van der Waals surface area contributed by atoms with Gasteiger partial charge in [-0.2, -0.15) is 5.26 Å². The van der Waals surface area contributed by atoms with Crippen LogP contribution >= 0.6 is 11.6 Å². The number of nitrogens with one attached hydrogen (secondary N) is 2. The van der Waals surface area contributed by atoms with Crippen LogP contribution in [0.15, 0.2) is 35.5 Å². The van der Waals surface area contributed by atoms with Gasteiger partial charge in [-0.3, -0.25) is 9.59 Å². The lowest BCUT2D eigenvalue weighted by Gasteiger charge is -2.22. The van der Waals surface area contributed by atoms with Gasteiger partial charge in [0.05, 0.1) is 28.3 Å². The van der Waals surface area contributed by atoms with Crippen LogP contribution < -0.4 is 10.6 Å². The molecule has 1 aliphatic rings. The molecule has 0 aromatic heterocycles. The minimum absolute atomic E-state index is 0.0451. The smallest absolute Gasteiger partial charge is 0.233 e. The highest BCUT2D eigenvalue weighted by Gasteiger charge is 2.32. The highest BCUT2D eigenvalue weighted by Crippen LogP contribution is 2.26. The van der Waals surface area contributed by atoms with Crippen molar-refractivity contribution >= 4 is 29.1 Å². The Bertz CT molecular complexity index is 646. The molecule has 0 spiro atoms. The lowest BCUT2D eigenvalue weighted by atomic mass is 9.90. The van der Waals surface area contributed by atoms with Crippen molar-refractivity contribution in [3.8, 4) is 6.07 Å². The zero-order chi connectivity index (χ0) is 14.7. The number of carbonyl (C=O) groups is 2. The second kappa shape index (κ2) is 5.76. The van der Waals surface area contributed by atoms with Crippen molar-refractivity contribution in [1.29, 1.82) is 5.26 Å². The maximum absolute atomic E-state index is 12.2. The normalized spacial score (nSPS) is 18.2. The van der Waals surface area contributed by atoms with E-state index in [1.54, 1.807) is 31.2 Å². The van der Waals surface area contributed by atoms with E-state index in [4.69, 9.17) is 16.9 Å². The Morgan fingerprint density at radius 2 is 2.20 bits per heavy atom. The Kier molecular flexibility index (Phi) is 4.06. The number of benzene rings is 1. The number of rotatable bonds is 2. The van der Waals surface area contributed by atoms with E-state index < -0.39 is 11.8 Å². The summed E-state index contributed by atoms with van der Waals surface area (Å²) in [5.41, 5.74) is 1.15. The van der Waals surface area contributed by atoms with Gasteiger partial charge in [0.1, 0.15) is 0 Å². The quantitative estimate of drug-likeness (QED) is 0.876. The summed E-state index contributed by atoms with van der Waals surface area (Å²) in [5, 5.41) is 14.7. The van der Waals surface area contributed by atoms with E-state index in [0.29, 0.717) is 16.4 Å². The third-order valence-electron chi connectivity index (χ3n) is 3.04. The number of carbonyl (C=O) groups excluding carboxylic acids is 2. The predicted molar refractivity (Wildman–Crippen MR) is 74.6 cm³/mol. The van der Waals surface area contributed by atoms with E-state index in [-0.39, 0.29) is 17.9 Å². The highest BCUT2D eigenvalue weighted by atomic mass is 35.5. The molecule has 1 heterocycles. The van der Waals surface area contributed by atoms with Crippen molar-refractivity contribution in [2.45, 2.75) is 13.3 Å². The van der Waals surface area contributed by atoms with Crippen molar-refractivity contribution in [2.24, 2.45) is 5.92 Å². The molecule has 1 aromatic rings. The SMILES string of the molecule is CC1=C(C#N)[C@H](C(=O)Nc2ccccc2Cl)CC(=O)N1. The molecule has 0 unspecified atom stereocenters. The molecular formula is C14H12ClN3O2. The number of nitriles is 1. The summed E-state index contributed by atoms with van der Waals surface area (Å²) in [7, 11) is 0. The molecule has 20 heavy (non-hydrogen) atoms. The first kappa shape index (κ1) is 14.1. The van der Waals surface area contributed by atoms with Crippen LogP contribution in [0.25, 0.3) is 0 Å². The van der Waals surface area contributed by atoms with Crippen LogP contribution in [-0.2, 0) is 9.59 Å². The Morgan fingerprint density at radius 3 is 2.85 bits per heavy atom. The fourth-order valence-corrected chi connectivity index (χ4v) is 2.23. The molecule has 1 atom stereocenters. The van der Waals surface area contributed by atoms with Crippen molar-refractivity contribution in [3.63, 3.8) is 0 Å². The lowest BCUT2D eigenvalue weighted by Crippen LogP contribution is -2.37. The average Bonchev–Trinajstić information content (AvgIpc) is 2.40. The number of halogens is 1. The van der Waals surface area contributed by atoms with Crippen molar-refractivity contribution in [1.82, 2.24) is 5.32 Å². The van der Waals surface area contributed by atoms with Gasteiger partial charge in [-0.15, -0.1) is 0 Å². The van der Waals surface area contributed by atoms with E-state index >= 15 is 0 Å². The number of allylic oxidation sites excluding steroid dienone is 1. The summed E-state index contributed by atoms with van der Waals surface area (Å²) in [6.07, 6.45) is -0.0451. The summed E-state index contributed by atoms with van der Waals surface area (Å²) in [6.45, 7) is 1.60. The highest BCUT2D eigenvalue weighted by molar-refractivity contribution is 6.33. The van der Waals surface area contributed by atoms with Gasteiger partial charge in [0.2, 0.25) is 11.8 Å². The number of hydrogen-bond donors (Lipinski definition) is 2. The zero-order valence-electron chi connectivity index (χ0n) is 10.7. The number of nitrogens with zero attached hydrogens (tertiary/aromatic N) is 1. The molecule has 1 aliphatic heterocycles. The van der Waals surface area contributed by atoms with Gasteiger partial charge < -0.3 is 10.6 Å². The van der Waals surface area contributed by atoms with Gasteiger partial charge in [-0.1, -0.05) is 23.7 Å². The van der Waals surface area contributed by atoms with Gasteiger partial charge in [-0.25, -0.2) is 0 Å². The zero-order valence-corrected chi connectivity index (χ0v) is 11.5. The molecule has 0 aliphatic carbocycles. The van der Waals surface area contributed by atoms with Crippen LogP contribution in [0.4, 0.5) is 5.69 Å². The topological polar surface area (TPSA) is 82.0 Å². The Balaban J connectivity index is 2.25. The van der Waals surface area contributed by atoms with Gasteiger partial charge in [0.15, 0.2) is 0 Å². The third-order valence-corrected chi connectivity index (χ3v) is 3.37. The van der Waals surface area contributed by atoms with Crippen LogP contribution in [0, 0.1) is 17.2 Å². The van der Waals surface area contributed by atoms with Crippen molar-refractivity contribution in [2.75, 3.05) is 5.32 Å². The molecule has 0 radical (unpaired) electrons. The molecular weight excluding hydrogens is 278 g/mol. The van der Waals surface area contributed by atoms with Crippen LogP contribution in [0.2, 0.25) is 5.02 Å². The molecule has 0 saturated heterocycles. The summed E-state index contributed by atoms with van der Waals surface area (Å²) in [6, 6.07) is 8.77. The van der Waals surface area contributed by atoms with Gasteiger partial charge in [0, 0.05) is 12.1 Å². The number of anilines is 1. The Hall–Kier alpha value is -2.32. The Morgan fingerprint density at radius 1 is 1.50 bits per heavy atom. The molecule has 0 bridgehead atoms. The van der Waals surface area contributed by atoms with Gasteiger partial charge in [-0.05, 0) is 19.1 Å². The molecule has 102 valence electrons. The van der Waals surface area contributed by atoms with Gasteiger partial charge in [0.25, 0.3) is 0 Å².